The number of fused-ring (bicyclic) bond motifs is 1. The van der Waals surface area contributed by atoms with Crippen LogP contribution in [-0.4, -0.2) is 19.5 Å². The van der Waals surface area contributed by atoms with Gasteiger partial charge in [-0.15, -0.1) is 0 Å². The summed E-state index contributed by atoms with van der Waals surface area (Å²) in [7, 11) is 0. The fourth-order valence-corrected chi connectivity index (χ4v) is 3.29. The lowest BCUT2D eigenvalue weighted by Gasteiger charge is -2.10. The lowest BCUT2D eigenvalue weighted by molar-refractivity contribution is 0.590. The van der Waals surface area contributed by atoms with Gasteiger partial charge in [0.25, 0.3) is 0 Å². The third kappa shape index (κ3) is 2.98. The number of hydrogen-bond acceptors (Lipinski definition) is 4. The van der Waals surface area contributed by atoms with E-state index in [0.29, 0.717) is 23.0 Å². The lowest BCUT2D eigenvalue weighted by Crippen LogP contribution is -2.05. The molecule has 5 nitrogen and oxygen atoms in total. The predicted molar refractivity (Wildman–Crippen MR) is 103 cm³/mol. The summed E-state index contributed by atoms with van der Waals surface area (Å²) in [6.07, 6.45) is 5.14. The number of halogens is 2. The van der Waals surface area contributed by atoms with Crippen LogP contribution < -0.4 is 5.32 Å². The average molecular weight is 377 g/mol. The molecule has 0 radical (unpaired) electrons. The Kier molecular flexibility index (Phi) is 3.82. The highest BCUT2D eigenvalue weighted by atomic mass is 19.1. The SMILES string of the molecule is Cc1ccc(Nc2cncc(-n3c(C4CC4)nc4c(F)cc(F)cc43)n2)cc1. The third-order valence-corrected chi connectivity index (χ3v) is 4.82. The first-order chi connectivity index (χ1) is 13.6. The molecule has 1 N–H and O–H groups in total. The molecule has 0 amide bonds. The van der Waals surface area contributed by atoms with E-state index in [0.717, 1.165) is 30.2 Å². The summed E-state index contributed by atoms with van der Waals surface area (Å²) in [5.41, 5.74) is 2.56. The van der Waals surface area contributed by atoms with Crippen LogP contribution in [0.2, 0.25) is 0 Å². The van der Waals surface area contributed by atoms with Crippen molar-refractivity contribution in [2.75, 3.05) is 5.32 Å². The second-order valence-electron chi connectivity index (χ2n) is 7.09. The van der Waals surface area contributed by atoms with Crippen LogP contribution in [0.3, 0.4) is 0 Å². The highest BCUT2D eigenvalue weighted by Crippen LogP contribution is 2.42. The zero-order valence-corrected chi connectivity index (χ0v) is 15.2. The summed E-state index contributed by atoms with van der Waals surface area (Å²) in [4.78, 5) is 13.3. The lowest BCUT2D eigenvalue weighted by atomic mass is 10.2. The predicted octanol–water partition coefficient (Wildman–Crippen LogP) is 5.02. The number of imidazole rings is 1. The fraction of sp³-hybridized carbons (Fsp3) is 0.190. The molecular formula is C21H17F2N5. The molecule has 7 heteroatoms. The maximum atomic E-state index is 14.3. The summed E-state index contributed by atoms with van der Waals surface area (Å²) in [5.74, 6) is 0.632. The van der Waals surface area contributed by atoms with Gasteiger partial charge in [0.2, 0.25) is 0 Å². The Balaban J connectivity index is 1.62. The van der Waals surface area contributed by atoms with Crippen LogP contribution in [0.25, 0.3) is 16.9 Å². The van der Waals surface area contributed by atoms with Crippen molar-refractivity contribution >= 4 is 22.5 Å². The molecule has 28 heavy (non-hydrogen) atoms. The molecule has 140 valence electrons. The Morgan fingerprint density at radius 1 is 1.04 bits per heavy atom. The highest BCUT2D eigenvalue weighted by molar-refractivity contribution is 5.79. The van der Waals surface area contributed by atoms with E-state index >= 15 is 0 Å². The second-order valence-corrected chi connectivity index (χ2v) is 7.09. The summed E-state index contributed by atoms with van der Waals surface area (Å²) in [6, 6.07) is 10.1. The van der Waals surface area contributed by atoms with Crippen molar-refractivity contribution < 1.29 is 8.78 Å². The fourth-order valence-electron chi connectivity index (χ4n) is 3.29. The van der Waals surface area contributed by atoms with Gasteiger partial charge in [-0.3, -0.25) is 9.55 Å². The van der Waals surface area contributed by atoms with Gasteiger partial charge < -0.3 is 5.32 Å². The van der Waals surface area contributed by atoms with E-state index in [-0.39, 0.29) is 11.4 Å². The van der Waals surface area contributed by atoms with Gasteiger partial charge >= 0.3 is 0 Å². The van der Waals surface area contributed by atoms with E-state index in [1.807, 2.05) is 31.2 Å². The van der Waals surface area contributed by atoms with Crippen molar-refractivity contribution in [1.82, 2.24) is 19.5 Å². The van der Waals surface area contributed by atoms with Gasteiger partial charge in [-0.1, -0.05) is 17.7 Å². The number of nitrogens with one attached hydrogen (secondary N) is 1. The van der Waals surface area contributed by atoms with Gasteiger partial charge in [-0.2, -0.15) is 0 Å². The molecule has 0 spiro atoms. The normalized spacial score (nSPS) is 13.8. The molecular weight excluding hydrogens is 360 g/mol. The largest absolute Gasteiger partial charge is 0.339 e. The van der Waals surface area contributed by atoms with Crippen molar-refractivity contribution in [2.45, 2.75) is 25.7 Å². The number of rotatable bonds is 4. The smallest absolute Gasteiger partial charge is 0.159 e. The van der Waals surface area contributed by atoms with Crippen molar-refractivity contribution in [1.29, 1.82) is 0 Å². The van der Waals surface area contributed by atoms with Crippen LogP contribution in [0.1, 0.15) is 30.1 Å². The Bertz CT molecular complexity index is 1180. The molecule has 0 unspecified atom stereocenters. The number of aromatic nitrogens is 4. The molecule has 0 atom stereocenters. The van der Waals surface area contributed by atoms with Gasteiger partial charge in [-0.05, 0) is 31.9 Å². The molecule has 1 aliphatic rings. The van der Waals surface area contributed by atoms with Crippen molar-refractivity contribution in [3.8, 4) is 5.82 Å². The van der Waals surface area contributed by atoms with E-state index in [1.165, 1.54) is 6.07 Å². The molecule has 2 aromatic heterocycles. The van der Waals surface area contributed by atoms with E-state index in [2.05, 4.69) is 20.3 Å². The maximum Gasteiger partial charge on any atom is 0.159 e. The zero-order valence-electron chi connectivity index (χ0n) is 15.2. The minimum absolute atomic E-state index is 0.155. The Hall–Kier alpha value is -3.35. The van der Waals surface area contributed by atoms with Crippen LogP contribution in [0.15, 0.2) is 48.8 Å². The maximum absolute atomic E-state index is 14.3. The van der Waals surface area contributed by atoms with Crippen LogP contribution in [-0.2, 0) is 0 Å². The summed E-state index contributed by atoms with van der Waals surface area (Å²) in [6.45, 7) is 2.02. The Morgan fingerprint density at radius 2 is 1.82 bits per heavy atom. The molecule has 5 rings (SSSR count). The third-order valence-electron chi connectivity index (χ3n) is 4.82. The quantitative estimate of drug-likeness (QED) is 0.542. The first-order valence-electron chi connectivity index (χ1n) is 9.12. The first kappa shape index (κ1) is 16.8. The molecule has 4 aromatic rings. The summed E-state index contributed by atoms with van der Waals surface area (Å²) >= 11 is 0. The molecule has 0 saturated heterocycles. The van der Waals surface area contributed by atoms with Gasteiger partial charge in [0, 0.05) is 23.7 Å². The van der Waals surface area contributed by atoms with Crippen LogP contribution in [0, 0.1) is 18.6 Å². The van der Waals surface area contributed by atoms with Gasteiger partial charge in [0.1, 0.15) is 17.2 Å². The summed E-state index contributed by atoms with van der Waals surface area (Å²) in [5, 5.41) is 3.21. The van der Waals surface area contributed by atoms with Crippen molar-refractivity contribution in [2.24, 2.45) is 0 Å². The molecule has 1 saturated carbocycles. The number of aryl methyl sites for hydroxylation is 1. The minimum Gasteiger partial charge on any atom is -0.339 e. The molecule has 1 aliphatic carbocycles. The molecule has 2 heterocycles. The standard InChI is InChI=1S/C21H17F2N5/c1-12-2-6-15(7-3-12)25-18-10-24-11-19(26-18)28-17-9-14(22)8-16(23)20(17)27-21(28)13-4-5-13/h2-3,6-11,13H,4-5H2,1H3,(H,25,26). The van der Waals surface area contributed by atoms with Gasteiger partial charge in [-0.25, -0.2) is 18.7 Å². The van der Waals surface area contributed by atoms with Gasteiger partial charge in [0.15, 0.2) is 17.5 Å². The Labute approximate surface area is 160 Å². The van der Waals surface area contributed by atoms with Crippen LogP contribution in [0.4, 0.5) is 20.3 Å². The van der Waals surface area contributed by atoms with Crippen molar-refractivity contribution in [3.63, 3.8) is 0 Å². The van der Waals surface area contributed by atoms with E-state index < -0.39 is 11.6 Å². The monoisotopic (exact) mass is 377 g/mol. The van der Waals surface area contributed by atoms with Gasteiger partial charge in [0.05, 0.1) is 17.9 Å². The molecule has 0 bridgehead atoms. The number of nitrogens with zero attached hydrogens (tertiary/aromatic N) is 4. The average Bonchev–Trinajstić information content (AvgIpc) is 3.44. The summed E-state index contributed by atoms with van der Waals surface area (Å²) < 4.78 is 29.9. The molecule has 0 aliphatic heterocycles. The zero-order chi connectivity index (χ0) is 19.3. The van der Waals surface area contributed by atoms with E-state index in [9.17, 15) is 8.78 Å². The minimum atomic E-state index is -0.669. The highest BCUT2D eigenvalue weighted by Gasteiger charge is 2.31. The van der Waals surface area contributed by atoms with Crippen LogP contribution in [0.5, 0.6) is 0 Å². The Morgan fingerprint density at radius 3 is 2.57 bits per heavy atom. The molecule has 2 aromatic carbocycles. The molecule has 1 fully saturated rings. The number of hydrogen-bond donors (Lipinski definition) is 1. The first-order valence-corrected chi connectivity index (χ1v) is 9.12. The topological polar surface area (TPSA) is 55.6 Å². The number of anilines is 2. The number of benzene rings is 2. The van der Waals surface area contributed by atoms with E-state index in [4.69, 9.17) is 0 Å². The second kappa shape index (κ2) is 6.37. The van der Waals surface area contributed by atoms with E-state index in [1.54, 1.807) is 17.0 Å². The van der Waals surface area contributed by atoms with Crippen LogP contribution >= 0.6 is 0 Å². The van der Waals surface area contributed by atoms with Crippen molar-refractivity contribution in [3.05, 3.63) is 71.8 Å².